The average Bonchev–Trinajstić information content (AvgIpc) is 2.55. The molecule has 1 heterocycles. The molecule has 0 aliphatic carbocycles. The Bertz CT molecular complexity index is 771. The topological polar surface area (TPSA) is 116 Å². The maximum absolute atomic E-state index is 12.3. The van der Waals surface area contributed by atoms with Crippen molar-refractivity contribution in [1.29, 1.82) is 5.26 Å². The third-order valence-electron chi connectivity index (χ3n) is 3.99. The molecule has 1 amide bonds. The van der Waals surface area contributed by atoms with Gasteiger partial charge in [-0.2, -0.15) is 5.26 Å². The summed E-state index contributed by atoms with van der Waals surface area (Å²) in [5.74, 6) is 0.303. The second-order valence-electron chi connectivity index (χ2n) is 5.86. The fourth-order valence-corrected chi connectivity index (χ4v) is 2.94. The third kappa shape index (κ3) is 4.57. The molecule has 3 N–H and O–H groups in total. The van der Waals surface area contributed by atoms with Gasteiger partial charge in [-0.25, -0.2) is 13.6 Å². The number of nitrogens with one attached hydrogen (secondary N) is 1. The number of carbonyl (C=O) groups excluding carboxylic acids is 1. The van der Waals surface area contributed by atoms with Crippen molar-refractivity contribution in [1.82, 2.24) is 4.90 Å². The van der Waals surface area contributed by atoms with Gasteiger partial charge in [-0.1, -0.05) is 6.92 Å². The van der Waals surface area contributed by atoms with Gasteiger partial charge in [0.2, 0.25) is 10.0 Å². The minimum Gasteiger partial charge on any atom is -0.360 e. The molecule has 128 valence electrons. The van der Waals surface area contributed by atoms with E-state index >= 15 is 0 Å². The Morgan fingerprint density at radius 2 is 1.92 bits per heavy atom. The summed E-state index contributed by atoms with van der Waals surface area (Å²) in [6, 6.07) is 7.64. The van der Waals surface area contributed by atoms with Gasteiger partial charge < -0.3 is 10.2 Å². The number of hydrogen-bond donors (Lipinski definition) is 2. The van der Waals surface area contributed by atoms with Crippen molar-refractivity contribution in [2.24, 2.45) is 11.1 Å². The molecular weight excluding hydrogens is 328 g/mol. The highest BCUT2D eigenvalue weighted by atomic mass is 32.2. The van der Waals surface area contributed by atoms with E-state index in [0.29, 0.717) is 24.7 Å². The van der Waals surface area contributed by atoms with Gasteiger partial charge in [-0.15, -0.1) is 0 Å². The van der Waals surface area contributed by atoms with Crippen LogP contribution in [0.3, 0.4) is 0 Å². The van der Waals surface area contributed by atoms with Gasteiger partial charge in [0.25, 0.3) is 5.91 Å². The highest BCUT2D eigenvalue weighted by molar-refractivity contribution is 7.89. The fourth-order valence-electron chi connectivity index (χ4n) is 2.42. The van der Waals surface area contributed by atoms with Crippen LogP contribution in [0.5, 0.6) is 0 Å². The molecule has 8 heteroatoms. The number of amides is 1. The van der Waals surface area contributed by atoms with E-state index < -0.39 is 10.0 Å². The van der Waals surface area contributed by atoms with Gasteiger partial charge in [0.05, 0.1) is 4.90 Å². The lowest BCUT2D eigenvalue weighted by molar-refractivity contribution is -0.128. The van der Waals surface area contributed by atoms with E-state index in [4.69, 9.17) is 5.14 Å². The first-order valence-electron chi connectivity index (χ1n) is 7.60. The third-order valence-corrected chi connectivity index (χ3v) is 4.92. The molecule has 1 aliphatic rings. The minimum absolute atomic E-state index is 0.00366. The predicted octanol–water partition coefficient (Wildman–Crippen LogP) is 1.41. The van der Waals surface area contributed by atoms with Gasteiger partial charge in [0.15, 0.2) is 0 Å². The number of nitrogens with two attached hydrogens (primary N) is 1. The van der Waals surface area contributed by atoms with Crippen molar-refractivity contribution in [2.45, 2.75) is 24.7 Å². The van der Waals surface area contributed by atoms with Crippen LogP contribution in [0.25, 0.3) is 0 Å². The number of likely N-dealkylation sites (tertiary alicyclic amines) is 1. The SMILES string of the molecule is CC1CCN(C(=O)/C(C#N)=C\Nc2ccc(S(N)(=O)=O)cc2)CC1. The molecule has 1 fully saturated rings. The molecule has 0 aromatic heterocycles. The van der Waals surface area contributed by atoms with Crippen molar-refractivity contribution in [3.63, 3.8) is 0 Å². The number of nitrogens with zero attached hydrogens (tertiary/aromatic N) is 2. The van der Waals surface area contributed by atoms with E-state index in [1.165, 1.54) is 30.5 Å². The summed E-state index contributed by atoms with van der Waals surface area (Å²) in [4.78, 5) is 14.0. The van der Waals surface area contributed by atoms with E-state index in [2.05, 4.69) is 12.2 Å². The number of anilines is 1. The Hall–Kier alpha value is -2.37. The second-order valence-corrected chi connectivity index (χ2v) is 7.42. The molecule has 1 aromatic carbocycles. The van der Waals surface area contributed by atoms with Crippen LogP contribution < -0.4 is 10.5 Å². The van der Waals surface area contributed by atoms with Crippen LogP contribution in [0.15, 0.2) is 40.9 Å². The molecule has 0 spiro atoms. The van der Waals surface area contributed by atoms with Crippen molar-refractivity contribution in [3.8, 4) is 6.07 Å². The van der Waals surface area contributed by atoms with Gasteiger partial charge in [-0.05, 0) is 43.0 Å². The van der Waals surface area contributed by atoms with Gasteiger partial charge in [-0.3, -0.25) is 4.79 Å². The molecule has 7 nitrogen and oxygen atoms in total. The number of piperidine rings is 1. The van der Waals surface area contributed by atoms with Crippen LogP contribution in [0.2, 0.25) is 0 Å². The summed E-state index contributed by atoms with van der Waals surface area (Å²) in [5, 5.41) is 17.1. The van der Waals surface area contributed by atoms with Crippen LogP contribution >= 0.6 is 0 Å². The van der Waals surface area contributed by atoms with Crippen LogP contribution in [0.4, 0.5) is 5.69 Å². The van der Waals surface area contributed by atoms with Gasteiger partial charge in [0, 0.05) is 25.0 Å². The summed E-state index contributed by atoms with van der Waals surface area (Å²) in [7, 11) is -3.74. The largest absolute Gasteiger partial charge is 0.360 e. The zero-order valence-corrected chi connectivity index (χ0v) is 14.2. The van der Waals surface area contributed by atoms with E-state index in [9.17, 15) is 18.5 Å². The molecule has 0 unspecified atom stereocenters. The molecule has 24 heavy (non-hydrogen) atoms. The molecule has 1 saturated heterocycles. The van der Waals surface area contributed by atoms with Crippen LogP contribution in [0.1, 0.15) is 19.8 Å². The van der Waals surface area contributed by atoms with Crippen LogP contribution in [0, 0.1) is 17.2 Å². The van der Waals surface area contributed by atoms with E-state index in [-0.39, 0.29) is 16.4 Å². The highest BCUT2D eigenvalue weighted by Crippen LogP contribution is 2.18. The normalized spacial score (nSPS) is 16.5. The Labute approximate surface area is 141 Å². The fraction of sp³-hybridized carbons (Fsp3) is 0.375. The van der Waals surface area contributed by atoms with Crippen molar-refractivity contribution >= 4 is 21.6 Å². The first-order chi connectivity index (χ1) is 11.3. The quantitative estimate of drug-likeness (QED) is 0.630. The monoisotopic (exact) mass is 348 g/mol. The Morgan fingerprint density at radius 1 is 1.33 bits per heavy atom. The van der Waals surface area contributed by atoms with E-state index in [1.54, 1.807) is 4.90 Å². The Morgan fingerprint density at radius 3 is 2.42 bits per heavy atom. The molecule has 0 atom stereocenters. The van der Waals surface area contributed by atoms with Gasteiger partial charge in [0.1, 0.15) is 11.6 Å². The zero-order valence-electron chi connectivity index (χ0n) is 13.4. The molecule has 0 saturated carbocycles. The number of benzene rings is 1. The average molecular weight is 348 g/mol. The molecule has 0 bridgehead atoms. The summed E-state index contributed by atoms with van der Waals surface area (Å²) >= 11 is 0. The molecular formula is C16H20N4O3S. The van der Waals surface area contributed by atoms with E-state index in [1.807, 2.05) is 6.07 Å². The lowest BCUT2D eigenvalue weighted by Gasteiger charge is -2.30. The summed E-state index contributed by atoms with van der Waals surface area (Å²) in [6.45, 7) is 3.46. The number of hydrogen-bond acceptors (Lipinski definition) is 5. The number of sulfonamides is 1. The molecule has 2 rings (SSSR count). The van der Waals surface area contributed by atoms with Crippen LogP contribution in [-0.4, -0.2) is 32.3 Å². The molecule has 1 aliphatic heterocycles. The maximum atomic E-state index is 12.3. The van der Waals surface area contributed by atoms with Crippen LogP contribution in [-0.2, 0) is 14.8 Å². The number of rotatable bonds is 4. The Kier molecular flexibility index (Phi) is 5.59. The molecule has 0 radical (unpaired) electrons. The summed E-state index contributed by atoms with van der Waals surface area (Å²) in [5.41, 5.74) is 0.565. The standard InChI is InChI=1S/C16H20N4O3S/c1-12-6-8-20(9-7-12)16(21)13(10-17)11-19-14-2-4-15(5-3-14)24(18,22)23/h2-5,11-12,19H,6-9H2,1H3,(H2,18,22,23)/b13-11-. The van der Waals surface area contributed by atoms with Crippen molar-refractivity contribution in [2.75, 3.05) is 18.4 Å². The van der Waals surface area contributed by atoms with E-state index in [0.717, 1.165) is 12.8 Å². The maximum Gasteiger partial charge on any atom is 0.266 e. The number of carbonyl (C=O) groups is 1. The first kappa shape index (κ1) is 18.0. The predicted molar refractivity (Wildman–Crippen MR) is 90.1 cm³/mol. The van der Waals surface area contributed by atoms with Gasteiger partial charge >= 0.3 is 0 Å². The molecule has 1 aromatic rings. The zero-order chi connectivity index (χ0) is 17.7. The summed E-state index contributed by atoms with van der Waals surface area (Å²) in [6.07, 6.45) is 3.21. The number of nitriles is 1. The highest BCUT2D eigenvalue weighted by Gasteiger charge is 2.22. The van der Waals surface area contributed by atoms with Crippen molar-refractivity contribution in [3.05, 3.63) is 36.0 Å². The number of primary sulfonamides is 1. The minimum atomic E-state index is -3.74. The second kappa shape index (κ2) is 7.47. The lowest BCUT2D eigenvalue weighted by Crippen LogP contribution is -2.38. The first-order valence-corrected chi connectivity index (χ1v) is 9.15. The lowest BCUT2D eigenvalue weighted by atomic mass is 9.99. The summed E-state index contributed by atoms with van der Waals surface area (Å²) < 4.78 is 22.4. The smallest absolute Gasteiger partial charge is 0.266 e. The van der Waals surface area contributed by atoms with Crippen molar-refractivity contribution < 1.29 is 13.2 Å². The Balaban J connectivity index is 2.05.